The molecule has 7 heteroatoms. The minimum Gasteiger partial charge on any atom is -0.394 e. The van der Waals surface area contributed by atoms with Gasteiger partial charge in [0, 0.05) is 13.1 Å². The Labute approximate surface area is 87.8 Å². The van der Waals surface area contributed by atoms with E-state index in [2.05, 4.69) is 0 Å². The second-order valence-electron chi connectivity index (χ2n) is 3.29. The topological polar surface area (TPSA) is 125 Å². The predicted octanol–water partition coefficient (Wildman–Crippen LogP) is -3.69. The Hall–Kier alpha value is -0.280. The molecule has 3 atom stereocenters. The van der Waals surface area contributed by atoms with Crippen molar-refractivity contribution >= 4 is 0 Å². The maximum absolute atomic E-state index is 9.30. The molecule has 0 saturated heterocycles. The first kappa shape index (κ1) is 14.7. The summed E-state index contributed by atoms with van der Waals surface area (Å²) in [5, 5.41) is 53.4. The minimum absolute atomic E-state index is 0.102. The highest BCUT2D eigenvalue weighted by atomic mass is 16.3. The van der Waals surface area contributed by atoms with Crippen molar-refractivity contribution in [1.82, 2.24) is 4.90 Å². The summed E-state index contributed by atoms with van der Waals surface area (Å²) in [5.41, 5.74) is 0. The van der Waals surface area contributed by atoms with Crippen molar-refractivity contribution in [1.29, 1.82) is 0 Å². The van der Waals surface area contributed by atoms with Crippen molar-refractivity contribution in [2.75, 3.05) is 32.9 Å². The fourth-order valence-electron chi connectivity index (χ4n) is 1.09. The molecule has 0 bridgehead atoms. The monoisotopic (exact) mass is 225 g/mol. The summed E-state index contributed by atoms with van der Waals surface area (Å²) < 4.78 is 0. The predicted molar refractivity (Wildman–Crippen MR) is 50.9 cm³/mol. The van der Waals surface area contributed by atoms with Gasteiger partial charge in [-0.15, -0.1) is 0 Å². The van der Waals surface area contributed by atoms with Gasteiger partial charge in [0.15, 0.2) is 0 Å². The standard InChI is InChI=1S/C8H19NO6/c10-3-6(13)1-9(8(15)5-12)2-7(14)4-11/h6-8,10-15H,1-5H2. The fourth-order valence-corrected chi connectivity index (χ4v) is 1.09. The number of hydrogen-bond donors (Lipinski definition) is 6. The van der Waals surface area contributed by atoms with Crippen LogP contribution in [0.1, 0.15) is 0 Å². The molecule has 0 amide bonds. The van der Waals surface area contributed by atoms with Crippen LogP contribution in [0.15, 0.2) is 0 Å². The zero-order valence-corrected chi connectivity index (χ0v) is 8.40. The van der Waals surface area contributed by atoms with Crippen LogP contribution in [0.3, 0.4) is 0 Å². The Morgan fingerprint density at radius 1 is 0.733 bits per heavy atom. The van der Waals surface area contributed by atoms with E-state index in [0.717, 1.165) is 0 Å². The van der Waals surface area contributed by atoms with E-state index in [-0.39, 0.29) is 13.1 Å². The van der Waals surface area contributed by atoms with E-state index >= 15 is 0 Å². The summed E-state index contributed by atoms with van der Waals surface area (Å²) in [7, 11) is 0. The van der Waals surface area contributed by atoms with Gasteiger partial charge in [0.2, 0.25) is 0 Å². The molecule has 0 spiro atoms. The van der Waals surface area contributed by atoms with E-state index in [4.69, 9.17) is 25.5 Å². The van der Waals surface area contributed by atoms with Gasteiger partial charge in [-0.3, -0.25) is 4.90 Å². The molecule has 0 aromatic carbocycles. The van der Waals surface area contributed by atoms with E-state index in [1.54, 1.807) is 0 Å². The number of aliphatic hydroxyl groups excluding tert-OH is 6. The Morgan fingerprint density at radius 2 is 1.13 bits per heavy atom. The Morgan fingerprint density at radius 3 is 1.40 bits per heavy atom. The zero-order chi connectivity index (χ0) is 11.8. The van der Waals surface area contributed by atoms with Crippen LogP contribution >= 0.6 is 0 Å². The maximum Gasteiger partial charge on any atom is 0.130 e. The summed E-state index contributed by atoms with van der Waals surface area (Å²) in [5.74, 6) is 0. The van der Waals surface area contributed by atoms with Gasteiger partial charge in [-0.1, -0.05) is 0 Å². The Kier molecular flexibility index (Phi) is 7.79. The van der Waals surface area contributed by atoms with E-state index in [1.807, 2.05) is 0 Å². The van der Waals surface area contributed by atoms with Crippen molar-refractivity contribution in [3.05, 3.63) is 0 Å². The smallest absolute Gasteiger partial charge is 0.130 e. The van der Waals surface area contributed by atoms with Gasteiger partial charge in [-0.2, -0.15) is 0 Å². The van der Waals surface area contributed by atoms with E-state index in [9.17, 15) is 5.11 Å². The zero-order valence-electron chi connectivity index (χ0n) is 8.40. The lowest BCUT2D eigenvalue weighted by Gasteiger charge is -2.29. The summed E-state index contributed by atoms with van der Waals surface area (Å²) in [6.07, 6.45) is -3.39. The Bertz CT molecular complexity index is 146. The molecule has 3 unspecified atom stereocenters. The number of rotatable bonds is 8. The van der Waals surface area contributed by atoms with Crippen molar-refractivity contribution in [3.8, 4) is 0 Å². The molecule has 92 valence electrons. The molecule has 0 aromatic rings. The molecule has 0 saturated carbocycles. The molecule has 15 heavy (non-hydrogen) atoms. The highest BCUT2D eigenvalue weighted by molar-refractivity contribution is 4.70. The van der Waals surface area contributed by atoms with E-state index < -0.39 is 38.3 Å². The van der Waals surface area contributed by atoms with Crippen LogP contribution < -0.4 is 0 Å². The van der Waals surface area contributed by atoms with Gasteiger partial charge in [-0.25, -0.2) is 0 Å². The van der Waals surface area contributed by atoms with Crippen LogP contribution in [0.5, 0.6) is 0 Å². The first-order valence-electron chi connectivity index (χ1n) is 4.66. The molecule has 6 N–H and O–H groups in total. The third-order valence-corrected chi connectivity index (χ3v) is 1.90. The van der Waals surface area contributed by atoms with Crippen molar-refractivity contribution in [2.45, 2.75) is 18.4 Å². The van der Waals surface area contributed by atoms with Gasteiger partial charge in [0.1, 0.15) is 6.23 Å². The van der Waals surface area contributed by atoms with E-state index in [1.165, 1.54) is 4.90 Å². The molecule has 0 aliphatic rings. The van der Waals surface area contributed by atoms with Gasteiger partial charge in [0.05, 0.1) is 32.0 Å². The molecule has 0 radical (unpaired) electrons. The third-order valence-electron chi connectivity index (χ3n) is 1.90. The SMILES string of the molecule is OCC(O)CN(CC(O)CO)C(O)CO. The molecular formula is C8H19NO6. The molecule has 0 aliphatic heterocycles. The van der Waals surface area contributed by atoms with Crippen LogP contribution in [0.4, 0.5) is 0 Å². The highest BCUT2D eigenvalue weighted by Gasteiger charge is 2.20. The summed E-state index contributed by atoms with van der Waals surface area (Å²) in [6.45, 7) is -1.73. The van der Waals surface area contributed by atoms with Crippen LogP contribution in [0.25, 0.3) is 0 Å². The molecule has 0 rings (SSSR count). The first-order valence-corrected chi connectivity index (χ1v) is 4.66. The highest BCUT2D eigenvalue weighted by Crippen LogP contribution is 2.00. The van der Waals surface area contributed by atoms with Crippen LogP contribution in [-0.4, -0.2) is 86.9 Å². The quantitative estimate of drug-likeness (QED) is 0.235. The maximum atomic E-state index is 9.30. The molecule has 0 heterocycles. The largest absolute Gasteiger partial charge is 0.394 e. The average molecular weight is 225 g/mol. The molecule has 7 nitrogen and oxygen atoms in total. The number of aliphatic hydroxyl groups is 6. The molecule has 0 aromatic heterocycles. The number of nitrogens with zero attached hydrogens (tertiary/aromatic N) is 1. The van der Waals surface area contributed by atoms with Crippen molar-refractivity contribution in [2.24, 2.45) is 0 Å². The van der Waals surface area contributed by atoms with Gasteiger partial charge < -0.3 is 30.6 Å². The lowest BCUT2D eigenvalue weighted by molar-refractivity contribution is -0.0787. The first-order chi connectivity index (χ1) is 7.04. The molecule has 0 fully saturated rings. The van der Waals surface area contributed by atoms with Gasteiger partial charge in [-0.05, 0) is 0 Å². The lowest BCUT2D eigenvalue weighted by atomic mass is 10.2. The van der Waals surface area contributed by atoms with Crippen molar-refractivity contribution < 1.29 is 30.6 Å². The second kappa shape index (κ2) is 7.94. The average Bonchev–Trinajstić information content (AvgIpc) is 2.26. The van der Waals surface area contributed by atoms with Gasteiger partial charge >= 0.3 is 0 Å². The lowest BCUT2D eigenvalue weighted by Crippen LogP contribution is -2.47. The Balaban J connectivity index is 4.17. The fraction of sp³-hybridized carbons (Fsp3) is 1.00. The normalized spacial score (nSPS) is 17.8. The summed E-state index contributed by atoms with van der Waals surface area (Å²) in [6, 6.07) is 0. The van der Waals surface area contributed by atoms with Crippen LogP contribution in [0, 0.1) is 0 Å². The number of hydrogen-bond acceptors (Lipinski definition) is 7. The third kappa shape index (κ3) is 6.00. The van der Waals surface area contributed by atoms with E-state index in [0.29, 0.717) is 0 Å². The molecule has 0 aliphatic carbocycles. The van der Waals surface area contributed by atoms with Crippen molar-refractivity contribution in [3.63, 3.8) is 0 Å². The minimum atomic E-state index is -1.24. The second-order valence-corrected chi connectivity index (χ2v) is 3.29. The summed E-state index contributed by atoms with van der Waals surface area (Å²) in [4.78, 5) is 1.17. The van der Waals surface area contributed by atoms with Crippen LogP contribution in [0.2, 0.25) is 0 Å². The summed E-state index contributed by atoms with van der Waals surface area (Å²) >= 11 is 0. The molecular weight excluding hydrogens is 206 g/mol. The van der Waals surface area contributed by atoms with Gasteiger partial charge in [0.25, 0.3) is 0 Å². The van der Waals surface area contributed by atoms with Crippen LogP contribution in [-0.2, 0) is 0 Å².